The van der Waals surface area contributed by atoms with Crippen LogP contribution < -0.4 is 10.6 Å². The molecule has 0 saturated carbocycles. The summed E-state index contributed by atoms with van der Waals surface area (Å²) in [5, 5.41) is 15.0. The highest BCUT2D eigenvalue weighted by Crippen LogP contribution is 2.18. The normalized spacial score (nSPS) is 14.4. The third kappa shape index (κ3) is 4.70. The Morgan fingerprint density at radius 2 is 2.05 bits per heavy atom. The first-order valence-corrected chi connectivity index (χ1v) is 6.50. The number of hydrogen-bond donors (Lipinski definition) is 3. The quantitative estimate of drug-likeness (QED) is 0.749. The average Bonchev–Trinajstić information content (AvgIpc) is 2.87. The highest BCUT2D eigenvalue weighted by molar-refractivity contribution is 5.97. The van der Waals surface area contributed by atoms with E-state index in [1.54, 1.807) is 6.92 Å². The maximum atomic E-state index is 11.8. The summed E-state index contributed by atoms with van der Waals surface area (Å²) in [6.45, 7) is 7.38. The minimum absolute atomic E-state index is 0.147. The van der Waals surface area contributed by atoms with Crippen molar-refractivity contribution in [2.45, 2.75) is 39.8 Å². The topological polar surface area (TPSA) is 91.6 Å². The molecular weight excluding hydrogens is 260 g/mol. The zero-order valence-electron chi connectivity index (χ0n) is 12.3. The molecule has 2 atom stereocenters. The van der Waals surface area contributed by atoms with Crippen molar-refractivity contribution in [1.29, 1.82) is 0 Å². The van der Waals surface area contributed by atoms with Gasteiger partial charge in [0, 0.05) is 6.54 Å². The second-order valence-electron chi connectivity index (χ2n) is 5.83. The highest BCUT2D eigenvalue weighted by Gasteiger charge is 2.24. The minimum Gasteiger partial charge on any atom is -0.472 e. The number of hydrogen-bond acceptors (Lipinski definition) is 4. The first-order valence-electron chi connectivity index (χ1n) is 6.50. The number of amides is 2. The Morgan fingerprint density at radius 3 is 2.55 bits per heavy atom. The molecule has 0 fully saturated rings. The predicted molar refractivity (Wildman–Crippen MR) is 74.1 cm³/mol. The van der Waals surface area contributed by atoms with Gasteiger partial charge in [-0.1, -0.05) is 20.8 Å². The highest BCUT2D eigenvalue weighted by atomic mass is 16.3. The Bertz CT molecular complexity index is 448. The molecule has 1 aromatic rings. The van der Waals surface area contributed by atoms with Gasteiger partial charge < -0.3 is 20.2 Å². The van der Waals surface area contributed by atoms with E-state index in [2.05, 4.69) is 10.6 Å². The van der Waals surface area contributed by atoms with Crippen LogP contribution in [0.5, 0.6) is 0 Å². The van der Waals surface area contributed by atoms with Crippen LogP contribution in [-0.2, 0) is 4.79 Å². The first kappa shape index (κ1) is 16.2. The number of carbonyl (C=O) groups is 2. The Balaban J connectivity index is 2.42. The minimum atomic E-state index is -0.690. The van der Waals surface area contributed by atoms with Crippen LogP contribution in [0.15, 0.2) is 23.0 Å². The molecule has 0 aliphatic rings. The third-order valence-electron chi connectivity index (χ3n) is 2.99. The van der Waals surface area contributed by atoms with E-state index >= 15 is 0 Å². The van der Waals surface area contributed by atoms with E-state index in [4.69, 9.17) is 4.42 Å². The van der Waals surface area contributed by atoms with Crippen molar-refractivity contribution in [1.82, 2.24) is 10.6 Å². The lowest BCUT2D eigenvalue weighted by molar-refractivity contribution is -0.123. The first-order chi connectivity index (χ1) is 9.21. The molecule has 3 N–H and O–H groups in total. The van der Waals surface area contributed by atoms with Gasteiger partial charge in [0.1, 0.15) is 12.3 Å². The zero-order chi connectivity index (χ0) is 15.3. The Morgan fingerprint density at radius 1 is 1.40 bits per heavy atom. The molecule has 0 aliphatic heterocycles. The fourth-order valence-corrected chi connectivity index (χ4v) is 1.40. The summed E-state index contributed by atoms with van der Waals surface area (Å²) in [6.07, 6.45) is 2.05. The zero-order valence-corrected chi connectivity index (χ0v) is 12.3. The SMILES string of the molecule is CC(NC(=O)c1ccoc1)C(=O)NCC(O)C(C)(C)C. The molecule has 20 heavy (non-hydrogen) atoms. The van der Waals surface area contributed by atoms with Crippen LogP contribution >= 0.6 is 0 Å². The van der Waals surface area contributed by atoms with E-state index in [-0.39, 0.29) is 23.8 Å². The van der Waals surface area contributed by atoms with Crippen molar-refractivity contribution >= 4 is 11.8 Å². The molecule has 1 aromatic heterocycles. The van der Waals surface area contributed by atoms with Gasteiger partial charge in [-0.25, -0.2) is 0 Å². The number of aliphatic hydroxyl groups is 1. The molecule has 0 aliphatic carbocycles. The van der Waals surface area contributed by atoms with Crippen LogP contribution in [0.2, 0.25) is 0 Å². The maximum absolute atomic E-state index is 11.8. The smallest absolute Gasteiger partial charge is 0.255 e. The van der Waals surface area contributed by atoms with Crippen molar-refractivity contribution in [3.8, 4) is 0 Å². The molecule has 2 unspecified atom stereocenters. The fraction of sp³-hybridized carbons (Fsp3) is 0.571. The summed E-state index contributed by atoms with van der Waals surface area (Å²) in [5.74, 6) is -0.720. The fourth-order valence-electron chi connectivity index (χ4n) is 1.40. The van der Waals surface area contributed by atoms with Crippen molar-refractivity contribution in [2.75, 3.05) is 6.54 Å². The molecule has 6 heteroatoms. The van der Waals surface area contributed by atoms with Gasteiger partial charge in [0.05, 0.1) is 17.9 Å². The molecule has 0 bridgehead atoms. The van der Waals surface area contributed by atoms with E-state index in [9.17, 15) is 14.7 Å². The molecule has 112 valence electrons. The molecule has 1 heterocycles. The second-order valence-corrected chi connectivity index (χ2v) is 5.83. The summed E-state index contributed by atoms with van der Waals surface area (Å²) >= 11 is 0. The molecule has 0 aromatic carbocycles. The van der Waals surface area contributed by atoms with E-state index in [1.807, 2.05) is 20.8 Å². The third-order valence-corrected chi connectivity index (χ3v) is 2.99. The van der Waals surface area contributed by atoms with Gasteiger partial charge >= 0.3 is 0 Å². The standard InChI is InChI=1S/C14H22N2O4/c1-9(16-13(19)10-5-6-20-8-10)12(18)15-7-11(17)14(2,3)4/h5-6,8-9,11,17H,7H2,1-4H3,(H,15,18)(H,16,19). The van der Waals surface area contributed by atoms with E-state index < -0.39 is 12.1 Å². The number of carbonyl (C=O) groups excluding carboxylic acids is 2. The molecular formula is C14H22N2O4. The Kier molecular flexibility index (Phi) is 5.33. The molecule has 2 amide bonds. The van der Waals surface area contributed by atoms with Gasteiger partial charge in [0.2, 0.25) is 5.91 Å². The summed E-state index contributed by atoms with van der Waals surface area (Å²) in [6, 6.07) is 0.827. The van der Waals surface area contributed by atoms with Gasteiger partial charge in [-0.05, 0) is 18.4 Å². The van der Waals surface area contributed by atoms with Crippen LogP contribution in [0.1, 0.15) is 38.1 Å². The van der Waals surface area contributed by atoms with Gasteiger partial charge in [-0.3, -0.25) is 9.59 Å². The predicted octanol–water partition coefficient (Wildman–Crippen LogP) is 0.921. The van der Waals surface area contributed by atoms with Crippen molar-refractivity contribution in [3.05, 3.63) is 24.2 Å². The van der Waals surface area contributed by atoms with Crippen LogP contribution in [0.4, 0.5) is 0 Å². The van der Waals surface area contributed by atoms with Gasteiger partial charge in [0.25, 0.3) is 5.91 Å². The van der Waals surface area contributed by atoms with E-state index in [1.165, 1.54) is 18.6 Å². The lowest BCUT2D eigenvalue weighted by Gasteiger charge is -2.26. The lowest BCUT2D eigenvalue weighted by Crippen LogP contribution is -2.48. The van der Waals surface area contributed by atoms with E-state index in [0.29, 0.717) is 5.56 Å². The summed E-state index contributed by atoms with van der Waals surface area (Å²) in [7, 11) is 0. The monoisotopic (exact) mass is 282 g/mol. The summed E-state index contributed by atoms with van der Waals surface area (Å²) in [5.41, 5.74) is 0.0516. The molecule has 6 nitrogen and oxygen atoms in total. The van der Waals surface area contributed by atoms with Crippen LogP contribution in [0.25, 0.3) is 0 Å². The van der Waals surface area contributed by atoms with Gasteiger partial charge in [0.15, 0.2) is 0 Å². The van der Waals surface area contributed by atoms with E-state index in [0.717, 1.165) is 0 Å². The largest absolute Gasteiger partial charge is 0.472 e. The summed E-state index contributed by atoms with van der Waals surface area (Å²) < 4.78 is 4.80. The van der Waals surface area contributed by atoms with Gasteiger partial charge in [-0.15, -0.1) is 0 Å². The van der Waals surface area contributed by atoms with Gasteiger partial charge in [-0.2, -0.15) is 0 Å². The van der Waals surface area contributed by atoms with Crippen LogP contribution in [0.3, 0.4) is 0 Å². The molecule has 0 radical (unpaired) electrons. The van der Waals surface area contributed by atoms with Crippen molar-refractivity contribution < 1.29 is 19.1 Å². The molecule has 1 rings (SSSR count). The Hall–Kier alpha value is -1.82. The lowest BCUT2D eigenvalue weighted by atomic mass is 9.89. The number of nitrogens with one attached hydrogen (secondary N) is 2. The molecule has 0 saturated heterocycles. The number of rotatable bonds is 5. The number of aliphatic hydroxyl groups excluding tert-OH is 1. The Labute approximate surface area is 118 Å². The van der Waals surface area contributed by atoms with Crippen molar-refractivity contribution in [3.63, 3.8) is 0 Å². The average molecular weight is 282 g/mol. The second kappa shape index (κ2) is 6.56. The van der Waals surface area contributed by atoms with Crippen LogP contribution in [0, 0.1) is 5.41 Å². The van der Waals surface area contributed by atoms with Crippen LogP contribution in [-0.4, -0.2) is 35.6 Å². The maximum Gasteiger partial charge on any atom is 0.255 e. The summed E-state index contributed by atoms with van der Waals surface area (Å²) in [4.78, 5) is 23.5. The van der Waals surface area contributed by atoms with Crippen molar-refractivity contribution in [2.24, 2.45) is 5.41 Å². The molecule has 0 spiro atoms. The number of furan rings is 1.